The predicted molar refractivity (Wildman–Crippen MR) is 55.5 cm³/mol. The van der Waals surface area contributed by atoms with Gasteiger partial charge in [0.25, 0.3) is 5.91 Å². The summed E-state index contributed by atoms with van der Waals surface area (Å²) in [5.41, 5.74) is 0. The molecule has 1 atom stereocenters. The largest absolute Gasteiger partial charge is 0.480 e. The molecule has 0 fully saturated rings. The Morgan fingerprint density at radius 3 is 2.60 bits per heavy atom. The minimum atomic E-state index is -1.03. The summed E-state index contributed by atoms with van der Waals surface area (Å²) in [5.74, 6) is -1.34. The molecule has 0 aliphatic carbocycles. The lowest BCUT2D eigenvalue weighted by Crippen LogP contribution is -2.41. The third kappa shape index (κ3) is 5.17. The van der Waals surface area contributed by atoms with Gasteiger partial charge in [0.2, 0.25) is 0 Å². The normalized spacial score (nSPS) is 11.9. The first-order valence-corrected chi connectivity index (χ1v) is 4.76. The van der Waals surface area contributed by atoms with Gasteiger partial charge in [0.05, 0.1) is 6.61 Å². The van der Waals surface area contributed by atoms with Gasteiger partial charge >= 0.3 is 5.97 Å². The smallest absolute Gasteiger partial charge is 0.323 e. The van der Waals surface area contributed by atoms with Crippen LogP contribution in [0.3, 0.4) is 0 Å². The number of ether oxygens (including phenoxy) is 1. The topological polar surface area (TPSA) is 66.8 Å². The maximum Gasteiger partial charge on any atom is 0.323 e. The molecular weight excluding hydrogens is 198 g/mol. The molecule has 86 valence electrons. The molecule has 0 aromatic rings. The Balaban J connectivity index is 4.23. The van der Waals surface area contributed by atoms with Crippen molar-refractivity contribution in [1.82, 2.24) is 4.90 Å². The van der Waals surface area contributed by atoms with Crippen LogP contribution in [-0.2, 0) is 14.3 Å². The summed E-state index contributed by atoms with van der Waals surface area (Å²) in [7, 11) is 0. The summed E-state index contributed by atoms with van der Waals surface area (Å²) in [6, 6.07) is 0. The van der Waals surface area contributed by atoms with Crippen molar-refractivity contribution < 1.29 is 19.4 Å². The van der Waals surface area contributed by atoms with Gasteiger partial charge in [-0.2, -0.15) is 0 Å². The van der Waals surface area contributed by atoms with Crippen molar-refractivity contribution in [1.29, 1.82) is 0 Å². The number of nitrogens with zero attached hydrogens (tertiary/aromatic N) is 1. The highest BCUT2D eigenvalue weighted by molar-refractivity contribution is 5.84. The number of carboxylic acid groups (broad SMARTS) is 1. The first kappa shape index (κ1) is 13.6. The molecule has 0 saturated heterocycles. The van der Waals surface area contributed by atoms with Gasteiger partial charge in [0, 0.05) is 6.54 Å². The van der Waals surface area contributed by atoms with Gasteiger partial charge in [-0.1, -0.05) is 6.08 Å². The van der Waals surface area contributed by atoms with Gasteiger partial charge in [0.15, 0.2) is 0 Å². The van der Waals surface area contributed by atoms with Crippen LogP contribution in [0.25, 0.3) is 0 Å². The van der Waals surface area contributed by atoms with Crippen LogP contribution < -0.4 is 0 Å². The van der Waals surface area contributed by atoms with Crippen LogP contribution in [0.5, 0.6) is 0 Å². The Labute approximate surface area is 89.3 Å². The number of carbonyl (C=O) groups is 2. The van der Waals surface area contributed by atoms with Crippen molar-refractivity contribution in [3.8, 4) is 0 Å². The summed E-state index contributed by atoms with van der Waals surface area (Å²) in [4.78, 5) is 23.3. The maximum atomic E-state index is 11.6. The Bertz CT molecular complexity index is 240. The molecule has 1 N–H and O–H groups in total. The first-order valence-electron chi connectivity index (χ1n) is 4.76. The average molecular weight is 215 g/mol. The number of carbonyl (C=O) groups excluding carboxylic acids is 1. The second kappa shape index (κ2) is 7.00. The van der Waals surface area contributed by atoms with Crippen molar-refractivity contribution in [2.75, 3.05) is 19.7 Å². The fourth-order valence-corrected chi connectivity index (χ4v) is 1.05. The molecule has 0 spiro atoms. The van der Waals surface area contributed by atoms with E-state index in [1.54, 1.807) is 13.8 Å². The van der Waals surface area contributed by atoms with E-state index in [-0.39, 0.29) is 19.1 Å². The number of carboxylic acids is 1. The van der Waals surface area contributed by atoms with Crippen LogP contribution in [-0.4, -0.2) is 47.7 Å². The van der Waals surface area contributed by atoms with Crippen molar-refractivity contribution in [3.05, 3.63) is 12.7 Å². The molecule has 1 amide bonds. The van der Waals surface area contributed by atoms with E-state index in [0.29, 0.717) is 6.54 Å². The van der Waals surface area contributed by atoms with Gasteiger partial charge in [0.1, 0.15) is 12.6 Å². The van der Waals surface area contributed by atoms with Gasteiger partial charge in [-0.05, 0) is 13.8 Å². The summed E-state index contributed by atoms with van der Waals surface area (Å²) in [6.45, 7) is 7.11. The highest BCUT2D eigenvalue weighted by atomic mass is 16.5. The zero-order valence-corrected chi connectivity index (χ0v) is 9.10. The molecule has 0 aliphatic rings. The number of likely N-dealkylation sites (N-methyl/N-ethyl adjacent to an activating group) is 1. The fraction of sp³-hybridized carbons (Fsp3) is 0.600. The lowest BCUT2D eigenvalue weighted by Gasteiger charge is -2.22. The Hall–Kier alpha value is -1.36. The Morgan fingerprint density at radius 1 is 1.60 bits per heavy atom. The zero-order chi connectivity index (χ0) is 11.8. The number of amides is 1. The molecule has 0 heterocycles. The second-order valence-electron chi connectivity index (χ2n) is 3.01. The number of hydrogen-bond acceptors (Lipinski definition) is 3. The Morgan fingerprint density at radius 2 is 2.20 bits per heavy atom. The van der Waals surface area contributed by atoms with E-state index in [1.807, 2.05) is 0 Å². The lowest BCUT2D eigenvalue weighted by atomic mass is 10.3. The molecule has 0 aliphatic heterocycles. The Kier molecular flexibility index (Phi) is 6.37. The zero-order valence-electron chi connectivity index (χ0n) is 9.10. The van der Waals surface area contributed by atoms with E-state index in [0.717, 1.165) is 0 Å². The third-order valence-electron chi connectivity index (χ3n) is 1.83. The van der Waals surface area contributed by atoms with Crippen molar-refractivity contribution >= 4 is 11.9 Å². The number of rotatable bonds is 7. The minimum Gasteiger partial charge on any atom is -0.480 e. The van der Waals surface area contributed by atoms with Crippen LogP contribution in [0, 0.1) is 0 Å². The maximum absolute atomic E-state index is 11.6. The molecule has 5 heteroatoms. The minimum absolute atomic E-state index is 0.275. The predicted octanol–water partition coefficient (Wildman–Crippen LogP) is 0.511. The fourth-order valence-electron chi connectivity index (χ4n) is 1.05. The second-order valence-corrected chi connectivity index (χ2v) is 3.01. The molecule has 0 aromatic carbocycles. The van der Waals surface area contributed by atoms with Crippen LogP contribution in [0.2, 0.25) is 0 Å². The van der Waals surface area contributed by atoms with Gasteiger partial charge < -0.3 is 14.7 Å². The standard InChI is InChI=1S/C10H17NO4/c1-4-6-15-8(3)10(14)11(5-2)7-9(12)13/h4,8H,1,5-7H2,2-3H3,(H,12,13). The molecule has 1 unspecified atom stereocenters. The van der Waals surface area contributed by atoms with Gasteiger partial charge in [-0.25, -0.2) is 0 Å². The SMILES string of the molecule is C=CCOC(C)C(=O)N(CC)CC(=O)O. The summed E-state index contributed by atoms with van der Waals surface area (Å²) in [5, 5.41) is 8.57. The summed E-state index contributed by atoms with van der Waals surface area (Å²) >= 11 is 0. The number of aliphatic carboxylic acids is 1. The lowest BCUT2D eigenvalue weighted by molar-refractivity contribution is -0.149. The highest BCUT2D eigenvalue weighted by Gasteiger charge is 2.21. The molecule has 0 aromatic heterocycles. The molecular formula is C10H17NO4. The van der Waals surface area contributed by atoms with E-state index in [2.05, 4.69) is 6.58 Å². The number of hydrogen-bond donors (Lipinski definition) is 1. The summed E-state index contributed by atoms with van der Waals surface area (Å²) < 4.78 is 5.12. The van der Waals surface area contributed by atoms with Crippen molar-refractivity contribution in [3.63, 3.8) is 0 Å². The molecule has 0 radical (unpaired) electrons. The van der Waals surface area contributed by atoms with Crippen LogP contribution >= 0.6 is 0 Å². The molecule has 5 nitrogen and oxygen atoms in total. The first-order chi connectivity index (χ1) is 7.02. The monoisotopic (exact) mass is 215 g/mol. The molecule has 0 rings (SSSR count). The molecule has 0 saturated carbocycles. The van der Waals surface area contributed by atoms with Gasteiger partial charge in [-0.3, -0.25) is 9.59 Å². The highest BCUT2D eigenvalue weighted by Crippen LogP contribution is 1.99. The average Bonchev–Trinajstić information content (AvgIpc) is 2.21. The van der Waals surface area contributed by atoms with E-state index < -0.39 is 12.1 Å². The van der Waals surface area contributed by atoms with Crippen LogP contribution in [0.4, 0.5) is 0 Å². The van der Waals surface area contributed by atoms with Crippen molar-refractivity contribution in [2.24, 2.45) is 0 Å². The van der Waals surface area contributed by atoms with E-state index in [9.17, 15) is 9.59 Å². The van der Waals surface area contributed by atoms with Crippen LogP contribution in [0.1, 0.15) is 13.8 Å². The quantitative estimate of drug-likeness (QED) is 0.628. The van der Waals surface area contributed by atoms with Crippen molar-refractivity contribution in [2.45, 2.75) is 20.0 Å². The van der Waals surface area contributed by atoms with E-state index in [4.69, 9.17) is 9.84 Å². The van der Waals surface area contributed by atoms with Crippen LogP contribution in [0.15, 0.2) is 12.7 Å². The van der Waals surface area contributed by atoms with E-state index >= 15 is 0 Å². The van der Waals surface area contributed by atoms with E-state index in [1.165, 1.54) is 11.0 Å². The summed E-state index contributed by atoms with van der Waals surface area (Å²) in [6.07, 6.45) is 0.902. The molecule has 0 bridgehead atoms. The third-order valence-corrected chi connectivity index (χ3v) is 1.83. The molecule has 15 heavy (non-hydrogen) atoms. The van der Waals surface area contributed by atoms with Gasteiger partial charge in [-0.15, -0.1) is 6.58 Å².